The Morgan fingerprint density at radius 2 is 2.26 bits per heavy atom. The molecule has 1 rings (SSSR count). The second-order valence-corrected chi connectivity index (χ2v) is 4.54. The van der Waals surface area contributed by atoms with Gasteiger partial charge in [-0.15, -0.1) is 0 Å². The van der Waals surface area contributed by atoms with E-state index in [0.717, 1.165) is 5.69 Å². The van der Waals surface area contributed by atoms with Crippen LogP contribution in [0, 0.1) is 5.41 Å². The predicted molar refractivity (Wildman–Crippen MR) is 76.6 cm³/mol. The van der Waals surface area contributed by atoms with Crippen molar-refractivity contribution < 1.29 is 4.79 Å². The van der Waals surface area contributed by atoms with E-state index in [0.29, 0.717) is 18.7 Å². The Bertz CT molecular complexity index is 458. The van der Waals surface area contributed by atoms with E-state index < -0.39 is 0 Å². The molecule has 0 spiro atoms. The number of hydrogen-bond acceptors (Lipinski definition) is 4. The van der Waals surface area contributed by atoms with Gasteiger partial charge in [0.2, 0.25) is 0 Å². The largest absolute Gasteiger partial charge is 0.388 e. The lowest BCUT2D eigenvalue weighted by molar-refractivity contribution is 0.0958. The third-order valence-corrected chi connectivity index (χ3v) is 2.78. The van der Waals surface area contributed by atoms with E-state index in [-0.39, 0.29) is 17.8 Å². The fraction of sp³-hybridized carbons (Fsp3) is 0.462. The second kappa shape index (κ2) is 6.72. The van der Waals surface area contributed by atoms with Crippen molar-refractivity contribution in [3.05, 3.63) is 24.0 Å². The van der Waals surface area contributed by atoms with Crippen LogP contribution in [0.2, 0.25) is 0 Å². The summed E-state index contributed by atoms with van der Waals surface area (Å²) in [6, 6.07) is 3.85. The van der Waals surface area contributed by atoms with Crippen molar-refractivity contribution in [3.8, 4) is 0 Å². The van der Waals surface area contributed by atoms with E-state index >= 15 is 0 Å². The van der Waals surface area contributed by atoms with Crippen molar-refractivity contribution in [1.29, 1.82) is 5.41 Å². The van der Waals surface area contributed by atoms with Gasteiger partial charge in [-0.3, -0.25) is 15.2 Å². The molecule has 0 radical (unpaired) electrons. The number of amides is 1. The van der Waals surface area contributed by atoms with Crippen LogP contribution in [0.15, 0.2) is 18.3 Å². The minimum absolute atomic E-state index is 0.159. The smallest absolute Gasteiger partial charge is 0.269 e. The van der Waals surface area contributed by atoms with Crippen LogP contribution in [0.25, 0.3) is 0 Å². The highest BCUT2D eigenvalue weighted by Gasteiger charge is 2.13. The van der Waals surface area contributed by atoms with Crippen LogP contribution in [0.1, 0.15) is 30.8 Å². The Hall–Kier alpha value is -2.11. The molecule has 19 heavy (non-hydrogen) atoms. The maximum atomic E-state index is 11.6. The van der Waals surface area contributed by atoms with Crippen LogP contribution in [0.3, 0.4) is 0 Å². The number of pyridine rings is 1. The van der Waals surface area contributed by atoms with E-state index in [2.05, 4.69) is 29.0 Å². The minimum Gasteiger partial charge on any atom is -0.388 e. The molecular weight excluding hydrogens is 242 g/mol. The van der Waals surface area contributed by atoms with Gasteiger partial charge in [0.1, 0.15) is 5.69 Å². The highest BCUT2D eigenvalue weighted by atomic mass is 16.1. The van der Waals surface area contributed by atoms with Crippen LogP contribution >= 0.6 is 0 Å². The number of aromatic nitrogens is 1. The van der Waals surface area contributed by atoms with E-state index in [9.17, 15) is 4.79 Å². The second-order valence-electron chi connectivity index (χ2n) is 4.54. The molecule has 0 aliphatic rings. The molecule has 0 aliphatic heterocycles. The molecule has 0 bridgehead atoms. The summed E-state index contributed by atoms with van der Waals surface area (Å²) in [6.45, 7) is 4.75. The number of amidine groups is 1. The van der Waals surface area contributed by atoms with Gasteiger partial charge in [0.15, 0.2) is 0 Å². The number of carbonyl (C=O) groups excluding carboxylic acids is 1. The van der Waals surface area contributed by atoms with Gasteiger partial charge in [0.25, 0.3) is 5.91 Å². The van der Waals surface area contributed by atoms with Gasteiger partial charge in [-0.2, -0.15) is 0 Å². The molecule has 1 aromatic heterocycles. The average Bonchev–Trinajstić information content (AvgIpc) is 2.37. The molecule has 6 nitrogen and oxygen atoms in total. The SMILES string of the molecule is CNC(=O)c1cc(N(CCC(=N)N)C(C)C)ccn1. The first-order valence-corrected chi connectivity index (χ1v) is 6.23. The van der Waals surface area contributed by atoms with Gasteiger partial charge in [-0.1, -0.05) is 0 Å². The molecule has 4 N–H and O–H groups in total. The lowest BCUT2D eigenvalue weighted by Gasteiger charge is -2.29. The first-order valence-electron chi connectivity index (χ1n) is 6.23. The van der Waals surface area contributed by atoms with Crippen molar-refractivity contribution in [2.45, 2.75) is 26.3 Å². The average molecular weight is 263 g/mol. The Labute approximate surface area is 113 Å². The first-order chi connectivity index (χ1) is 8.95. The van der Waals surface area contributed by atoms with Gasteiger partial charge < -0.3 is 16.0 Å². The van der Waals surface area contributed by atoms with E-state index in [1.807, 2.05) is 6.07 Å². The highest BCUT2D eigenvalue weighted by Crippen LogP contribution is 2.17. The van der Waals surface area contributed by atoms with Crippen molar-refractivity contribution >= 4 is 17.4 Å². The highest BCUT2D eigenvalue weighted by molar-refractivity contribution is 5.92. The molecule has 6 heteroatoms. The molecule has 0 aromatic carbocycles. The maximum Gasteiger partial charge on any atom is 0.269 e. The normalized spacial score (nSPS) is 10.3. The quantitative estimate of drug-likeness (QED) is 0.526. The summed E-state index contributed by atoms with van der Waals surface area (Å²) in [5.41, 5.74) is 6.69. The van der Waals surface area contributed by atoms with Crippen LogP contribution in [-0.4, -0.2) is 36.4 Å². The van der Waals surface area contributed by atoms with Crippen LogP contribution in [0.5, 0.6) is 0 Å². The van der Waals surface area contributed by atoms with Crippen molar-refractivity contribution in [2.75, 3.05) is 18.5 Å². The zero-order valence-electron chi connectivity index (χ0n) is 11.6. The summed E-state index contributed by atoms with van der Waals surface area (Å²) < 4.78 is 0. The lowest BCUT2D eigenvalue weighted by Crippen LogP contribution is -2.34. The molecule has 1 amide bonds. The standard InChI is InChI=1S/C13H21N5O/c1-9(2)18(7-5-12(14)15)10-4-6-17-11(8-10)13(19)16-3/h4,6,8-9H,5,7H2,1-3H3,(H3,14,15)(H,16,19). The van der Waals surface area contributed by atoms with Gasteiger partial charge in [-0.25, -0.2) is 0 Å². The van der Waals surface area contributed by atoms with Crippen molar-refractivity contribution in [1.82, 2.24) is 10.3 Å². The summed E-state index contributed by atoms with van der Waals surface area (Å²) in [7, 11) is 1.58. The van der Waals surface area contributed by atoms with Crippen molar-refractivity contribution in [3.63, 3.8) is 0 Å². The van der Waals surface area contributed by atoms with Crippen LogP contribution in [0.4, 0.5) is 5.69 Å². The summed E-state index contributed by atoms with van der Waals surface area (Å²) in [5.74, 6) is -0.0524. The molecular formula is C13H21N5O. The van der Waals surface area contributed by atoms with Crippen LogP contribution < -0.4 is 16.0 Å². The van der Waals surface area contributed by atoms with Crippen molar-refractivity contribution in [2.24, 2.45) is 5.73 Å². The first kappa shape index (κ1) is 14.9. The number of hydrogen-bond donors (Lipinski definition) is 3. The van der Waals surface area contributed by atoms with Gasteiger partial charge in [0.05, 0.1) is 5.84 Å². The third kappa shape index (κ3) is 4.24. The van der Waals surface area contributed by atoms with Gasteiger partial charge in [-0.05, 0) is 26.0 Å². The maximum absolute atomic E-state index is 11.6. The molecule has 104 valence electrons. The zero-order chi connectivity index (χ0) is 14.4. The molecule has 0 fully saturated rings. The number of anilines is 1. The minimum atomic E-state index is -0.211. The zero-order valence-corrected chi connectivity index (χ0v) is 11.6. The van der Waals surface area contributed by atoms with E-state index in [1.165, 1.54) is 0 Å². The number of nitrogens with one attached hydrogen (secondary N) is 2. The van der Waals surface area contributed by atoms with Gasteiger partial charge >= 0.3 is 0 Å². The lowest BCUT2D eigenvalue weighted by atomic mass is 10.2. The fourth-order valence-electron chi connectivity index (χ4n) is 1.78. The fourth-order valence-corrected chi connectivity index (χ4v) is 1.78. The molecule has 0 atom stereocenters. The molecule has 1 heterocycles. The third-order valence-electron chi connectivity index (χ3n) is 2.78. The summed E-state index contributed by atoms with van der Waals surface area (Å²) in [4.78, 5) is 17.7. The summed E-state index contributed by atoms with van der Waals surface area (Å²) >= 11 is 0. The number of nitrogens with zero attached hydrogens (tertiary/aromatic N) is 2. The number of rotatable bonds is 6. The summed E-state index contributed by atoms with van der Waals surface area (Å²) in [5, 5.41) is 9.86. The van der Waals surface area contributed by atoms with E-state index in [4.69, 9.17) is 11.1 Å². The summed E-state index contributed by atoms with van der Waals surface area (Å²) in [6.07, 6.45) is 2.11. The molecule has 0 unspecified atom stereocenters. The Balaban J connectivity index is 2.96. The van der Waals surface area contributed by atoms with E-state index in [1.54, 1.807) is 19.3 Å². The Morgan fingerprint density at radius 3 is 2.79 bits per heavy atom. The van der Waals surface area contributed by atoms with Gasteiger partial charge in [0, 0.05) is 37.9 Å². The Kier molecular flexibility index (Phi) is 5.29. The molecule has 0 saturated carbocycles. The van der Waals surface area contributed by atoms with Crippen LogP contribution in [-0.2, 0) is 0 Å². The molecule has 0 aliphatic carbocycles. The predicted octanol–water partition coefficient (Wildman–Crippen LogP) is 0.982. The number of carbonyl (C=O) groups is 1. The Morgan fingerprint density at radius 1 is 1.58 bits per heavy atom. The monoisotopic (exact) mass is 263 g/mol. The molecule has 0 saturated heterocycles. The topological polar surface area (TPSA) is 95.1 Å². The number of nitrogens with two attached hydrogens (primary N) is 1. The molecule has 1 aromatic rings.